The van der Waals surface area contributed by atoms with Gasteiger partial charge < -0.3 is 14.7 Å². The first-order valence-corrected chi connectivity index (χ1v) is 9.40. The van der Waals surface area contributed by atoms with Crippen molar-refractivity contribution in [3.05, 3.63) is 11.8 Å². The first kappa shape index (κ1) is 17.4. The van der Waals surface area contributed by atoms with Gasteiger partial charge in [-0.2, -0.15) is 0 Å². The predicted molar refractivity (Wildman–Crippen MR) is 94.0 cm³/mol. The maximum absolute atomic E-state index is 12.1. The van der Waals surface area contributed by atoms with E-state index in [-0.39, 0.29) is 5.91 Å². The number of hydrogen-bond donors (Lipinski definition) is 1. The monoisotopic (exact) mass is 334 g/mol. The van der Waals surface area contributed by atoms with Gasteiger partial charge in [0, 0.05) is 31.6 Å². The van der Waals surface area contributed by atoms with Crippen LogP contribution in [0.1, 0.15) is 50.7 Å². The highest BCUT2D eigenvalue weighted by molar-refractivity contribution is 5.89. The van der Waals surface area contributed by atoms with Crippen LogP contribution in [-0.4, -0.2) is 59.6 Å². The van der Waals surface area contributed by atoms with Gasteiger partial charge in [0.1, 0.15) is 5.76 Å². The van der Waals surface area contributed by atoms with Crippen molar-refractivity contribution in [2.75, 3.05) is 38.0 Å². The number of aryl methyl sites for hydroxylation is 1. The summed E-state index contributed by atoms with van der Waals surface area (Å²) in [5.74, 6) is 1.24. The van der Waals surface area contributed by atoms with E-state index in [2.05, 4.69) is 20.3 Å². The molecule has 1 N–H and O–H groups in total. The number of carbonyl (C=O) groups is 1. The average Bonchev–Trinajstić information content (AvgIpc) is 2.84. The molecule has 0 aromatic carbocycles. The fraction of sp³-hybridized carbons (Fsp3) is 0.778. The average molecular weight is 334 g/mol. The Kier molecular flexibility index (Phi) is 6.26. The second kappa shape index (κ2) is 8.62. The van der Waals surface area contributed by atoms with Gasteiger partial charge in [0.2, 0.25) is 5.91 Å². The normalized spacial score (nSPS) is 23.8. The zero-order valence-electron chi connectivity index (χ0n) is 14.8. The van der Waals surface area contributed by atoms with Crippen molar-refractivity contribution in [3.63, 3.8) is 0 Å². The molecule has 0 radical (unpaired) electrons. The van der Waals surface area contributed by atoms with Crippen molar-refractivity contribution < 1.29 is 9.32 Å². The summed E-state index contributed by atoms with van der Waals surface area (Å²) in [5, 5.41) is 6.61. The Morgan fingerprint density at radius 1 is 1.25 bits per heavy atom. The molecule has 0 saturated carbocycles. The molecule has 3 heterocycles. The lowest BCUT2D eigenvalue weighted by atomic mass is 10.0. The third-order valence-corrected chi connectivity index (χ3v) is 5.19. The summed E-state index contributed by atoms with van der Waals surface area (Å²) in [4.78, 5) is 17.2. The molecule has 6 heteroatoms. The SMILES string of the molecule is Cc1cc(NC(=O)CCN2CCC[C@@H](N3CCCCCC3)C2)no1. The highest BCUT2D eigenvalue weighted by Gasteiger charge is 2.25. The van der Waals surface area contributed by atoms with Crippen molar-refractivity contribution >= 4 is 11.7 Å². The molecule has 1 amide bonds. The number of rotatable bonds is 5. The maximum atomic E-state index is 12.1. The minimum absolute atomic E-state index is 0.0141. The molecule has 3 rings (SSSR count). The number of nitrogens with one attached hydrogen (secondary N) is 1. The van der Waals surface area contributed by atoms with Gasteiger partial charge in [-0.05, 0) is 52.2 Å². The Hall–Kier alpha value is -1.40. The zero-order valence-corrected chi connectivity index (χ0v) is 14.8. The first-order chi connectivity index (χ1) is 11.7. The van der Waals surface area contributed by atoms with Crippen molar-refractivity contribution in [3.8, 4) is 0 Å². The van der Waals surface area contributed by atoms with Gasteiger partial charge in [0.15, 0.2) is 5.82 Å². The molecule has 2 aliphatic heterocycles. The summed E-state index contributed by atoms with van der Waals surface area (Å²) in [6, 6.07) is 2.42. The van der Waals surface area contributed by atoms with Gasteiger partial charge in [0.05, 0.1) is 0 Å². The smallest absolute Gasteiger partial charge is 0.226 e. The Morgan fingerprint density at radius 3 is 2.75 bits per heavy atom. The number of aromatic nitrogens is 1. The largest absolute Gasteiger partial charge is 0.360 e. The van der Waals surface area contributed by atoms with Crippen LogP contribution in [0.5, 0.6) is 0 Å². The van der Waals surface area contributed by atoms with E-state index in [4.69, 9.17) is 4.52 Å². The van der Waals surface area contributed by atoms with Crippen molar-refractivity contribution in [1.29, 1.82) is 0 Å². The van der Waals surface area contributed by atoms with Crippen LogP contribution in [0.2, 0.25) is 0 Å². The highest BCUT2D eigenvalue weighted by atomic mass is 16.5. The van der Waals surface area contributed by atoms with Crippen LogP contribution in [0.15, 0.2) is 10.6 Å². The van der Waals surface area contributed by atoms with Gasteiger partial charge in [-0.1, -0.05) is 18.0 Å². The Morgan fingerprint density at radius 2 is 2.04 bits per heavy atom. The minimum Gasteiger partial charge on any atom is -0.360 e. The van der Waals surface area contributed by atoms with Gasteiger partial charge in [-0.15, -0.1) is 0 Å². The van der Waals surface area contributed by atoms with Gasteiger partial charge in [-0.3, -0.25) is 9.69 Å². The van der Waals surface area contributed by atoms with E-state index in [1.807, 2.05) is 6.92 Å². The fourth-order valence-corrected chi connectivity index (χ4v) is 3.88. The van der Waals surface area contributed by atoms with Crippen LogP contribution < -0.4 is 5.32 Å². The molecule has 134 valence electrons. The topological polar surface area (TPSA) is 61.6 Å². The lowest BCUT2D eigenvalue weighted by molar-refractivity contribution is -0.116. The lowest BCUT2D eigenvalue weighted by Gasteiger charge is -2.39. The second-order valence-corrected chi connectivity index (χ2v) is 7.17. The molecule has 0 aliphatic carbocycles. The van der Waals surface area contributed by atoms with Gasteiger partial charge in [-0.25, -0.2) is 0 Å². The molecule has 1 aromatic heterocycles. The number of nitrogens with zero attached hydrogens (tertiary/aromatic N) is 3. The number of piperidine rings is 1. The summed E-state index contributed by atoms with van der Waals surface area (Å²) in [7, 11) is 0. The number of anilines is 1. The van der Waals surface area contributed by atoms with E-state index < -0.39 is 0 Å². The fourth-order valence-electron chi connectivity index (χ4n) is 3.88. The van der Waals surface area contributed by atoms with Crippen LogP contribution in [0.3, 0.4) is 0 Å². The standard InChI is InChI=1S/C18H30N4O2/c1-15-13-17(20-24-15)19-18(23)8-12-21-9-6-7-16(14-21)22-10-4-2-3-5-11-22/h13,16H,2-12,14H2,1H3,(H,19,20,23)/t16-/m1/s1. The molecule has 2 aliphatic rings. The van der Waals surface area contributed by atoms with E-state index in [0.29, 0.717) is 24.0 Å². The first-order valence-electron chi connectivity index (χ1n) is 9.40. The Bertz CT molecular complexity index is 523. The molecule has 24 heavy (non-hydrogen) atoms. The highest BCUT2D eigenvalue weighted by Crippen LogP contribution is 2.20. The summed E-state index contributed by atoms with van der Waals surface area (Å²) in [6.45, 7) is 7.37. The molecule has 0 bridgehead atoms. The molecular weight excluding hydrogens is 304 g/mol. The molecule has 6 nitrogen and oxygen atoms in total. The summed E-state index contributed by atoms with van der Waals surface area (Å²) >= 11 is 0. The summed E-state index contributed by atoms with van der Waals surface area (Å²) in [6.07, 6.45) is 8.51. The van der Waals surface area contributed by atoms with Crippen LogP contribution in [0, 0.1) is 6.92 Å². The van der Waals surface area contributed by atoms with E-state index in [9.17, 15) is 4.79 Å². The molecule has 0 spiro atoms. The van der Waals surface area contributed by atoms with E-state index >= 15 is 0 Å². The van der Waals surface area contributed by atoms with E-state index in [1.54, 1.807) is 6.07 Å². The third kappa shape index (κ3) is 5.05. The molecule has 0 unspecified atom stereocenters. The number of amides is 1. The molecule has 2 fully saturated rings. The van der Waals surface area contributed by atoms with Gasteiger partial charge >= 0.3 is 0 Å². The van der Waals surface area contributed by atoms with Crippen LogP contribution >= 0.6 is 0 Å². The Balaban J connectivity index is 1.42. The van der Waals surface area contributed by atoms with Crippen molar-refractivity contribution in [2.45, 2.75) is 57.9 Å². The minimum atomic E-state index is 0.0141. The summed E-state index contributed by atoms with van der Waals surface area (Å²) < 4.78 is 4.97. The second-order valence-electron chi connectivity index (χ2n) is 7.17. The number of likely N-dealkylation sites (tertiary alicyclic amines) is 2. The third-order valence-electron chi connectivity index (χ3n) is 5.19. The quantitative estimate of drug-likeness (QED) is 0.897. The van der Waals surface area contributed by atoms with E-state index in [1.165, 1.54) is 51.6 Å². The zero-order chi connectivity index (χ0) is 16.8. The van der Waals surface area contributed by atoms with Crippen LogP contribution in [-0.2, 0) is 4.79 Å². The van der Waals surface area contributed by atoms with Crippen LogP contribution in [0.25, 0.3) is 0 Å². The molecule has 1 atom stereocenters. The van der Waals surface area contributed by atoms with Crippen LogP contribution in [0.4, 0.5) is 5.82 Å². The number of carbonyl (C=O) groups excluding carboxylic acids is 1. The Labute approximate surface area is 144 Å². The number of hydrogen-bond acceptors (Lipinski definition) is 5. The molecular formula is C18H30N4O2. The van der Waals surface area contributed by atoms with E-state index in [0.717, 1.165) is 19.6 Å². The molecule has 2 saturated heterocycles. The van der Waals surface area contributed by atoms with Crippen molar-refractivity contribution in [2.24, 2.45) is 0 Å². The predicted octanol–water partition coefficient (Wildman–Crippen LogP) is 2.65. The van der Waals surface area contributed by atoms with Gasteiger partial charge in [0.25, 0.3) is 0 Å². The van der Waals surface area contributed by atoms with Crippen molar-refractivity contribution in [1.82, 2.24) is 15.0 Å². The summed E-state index contributed by atoms with van der Waals surface area (Å²) in [5.41, 5.74) is 0. The maximum Gasteiger partial charge on any atom is 0.226 e. The lowest BCUT2D eigenvalue weighted by Crippen LogP contribution is -2.48. The molecule has 1 aromatic rings.